The quantitative estimate of drug-likeness (QED) is 0.832. The van der Waals surface area contributed by atoms with E-state index in [-0.39, 0.29) is 5.82 Å². The zero-order chi connectivity index (χ0) is 13.9. The van der Waals surface area contributed by atoms with Gasteiger partial charge in [-0.05, 0) is 25.0 Å². The molecule has 0 amide bonds. The monoisotopic (exact) mass is 274 g/mol. The molecule has 0 radical (unpaired) electrons. The van der Waals surface area contributed by atoms with E-state index in [0.717, 1.165) is 26.0 Å². The Morgan fingerprint density at radius 1 is 1.35 bits per heavy atom. The maximum atomic E-state index is 14.0. The number of fused-ring (bicyclic) bond motifs is 1. The second-order valence-corrected chi connectivity index (χ2v) is 5.65. The van der Waals surface area contributed by atoms with Gasteiger partial charge in [0, 0.05) is 24.7 Å². The van der Waals surface area contributed by atoms with E-state index < -0.39 is 0 Å². The van der Waals surface area contributed by atoms with Gasteiger partial charge in [0.05, 0.1) is 24.3 Å². The van der Waals surface area contributed by atoms with Gasteiger partial charge in [0.1, 0.15) is 5.82 Å². The predicted octanol–water partition coefficient (Wildman–Crippen LogP) is 2.84. The van der Waals surface area contributed by atoms with Crippen LogP contribution in [0, 0.1) is 17.1 Å². The first-order chi connectivity index (χ1) is 9.78. The van der Waals surface area contributed by atoms with Crippen LogP contribution in [0.25, 0.3) is 0 Å². The lowest BCUT2D eigenvalue weighted by atomic mass is 9.90. The zero-order valence-corrected chi connectivity index (χ0v) is 11.5. The van der Waals surface area contributed by atoms with E-state index in [1.807, 2.05) is 6.07 Å². The zero-order valence-electron chi connectivity index (χ0n) is 11.5. The highest BCUT2D eigenvalue weighted by atomic mass is 19.1. The Labute approximate surface area is 119 Å². The fourth-order valence-electron chi connectivity index (χ4n) is 3.34. The second kappa shape index (κ2) is 5.90. The normalized spacial score (nSPS) is 26.8. The summed E-state index contributed by atoms with van der Waals surface area (Å²) < 4.78 is 19.8. The third kappa shape index (κ3) is 2.70. The molecule has 1 saturated carbocycles. The molecule has 1 heterocycles. The van der Waals surface area contributed by atoms with Crippen LogP contribution in [0.5, 0.6) is 0 Å². The Morgan fingerprint density at radius 2 is 2.20 bits per heavy atom. The smallest absolute Gasteiger partial charge is 0.129 e. The number of ether oxygens (including phenoxy) is 1. The van der Waals surface area contributed by atoms with E-state index in [1.54, 1.807) is 12.1 Å². The molecule has 0 spiro atoms. The predicted molar refractivity (Wildman–Crippen MR) is 73.5 cm³/mol. The molecule has 0 N–H and O–H groups in total. The number of morpholine rings is 1. The maximum Gasteiger partial charge on any atom is 0.129 e. The molecule has 1 aromatic rings. The van der Waals surface area contributed by atoms with Crippen LogP contribution >= 0.6 is 0 Å². The van der Waals surface area contributed by atoms with Gasteiger partial charge in [0.25, 0.3) is 0 Å². The van der Waals surface area contributed by atoms with Gasteiger partial charge < -0.3 is 4.74 Å². The Morgan fingerprint density at radius 3 is 3.00 bits per heavy atom. The molecule has 2 aliphatic rings. The van der Waals surface area contributed by atoms with Crippen molar-refractivity contribution in [3.63, 3.8) is 0 Å². The molecular weight excluding hydrogens is 255 g/mol. The number of halogens is 1. The highest BCUT2D eigenvalue weighted by Gasteiger charge is 2.34. The summed E-state index contributed by atoms with van der Waals surface area (Å²) in [4.78, 5) is 2.35. The van der Waals surface area contributed by atoms with Crippen LogP contribution in [0.15, 0.2) is 18.2 Å². The molecule has 1 aliphatic carbocycles. The number of hydrogen-bond donors (Lipinski definition) is 0. The largest absolute Gasteiger partial charge is 0.375 e. The van der Waals surface area contributed by atoms with Gasteiger partial charge in [-0.1, -0.05) is 18.9 Å². The maximum absolute atomic E-state index is 14.0. The summed E-state index contributed by atoms with van der Waals surface area (Å²) in [5, 5.41) is 8.79. The highest BCUT2D eigenvalue weighted by molar-refractivity contribution is 5.32. The number of hydrogen-bond acceptors (Lipinski definition) is 3. The first kappa shape index (κ1) is 13.5. The summed E-state index contributed by atoms with van der Waals surface area (Å²) in [6, 6.07) is 7.15. The third-order valence-corrected chi connectivity index (χ3v) is 4.40. The second-order valence-electron chi connectivity index (χ2n) is 5.65. The van der Waals surface area contributed by atoms with Gasteiger partial charge in [-0.3, -0.25) is 4.90 Å². The minimum Gasteiger partial charge on any atom is -0.375 e. The molecule has 3 rings (SSSR count). The van der Waals surface area contributed by atoms with Crippen LogP contribution < -0.4 is 0 Å². The van der Waals surface area contributed by atoms with Gasteiger partial charge in [0.15, 0.2) is 0 Å². The third-order valence-electron chi connectivity index (χ3n) is 4.40. The molecule has 0 aromatic heterocycles. The fraction of sp³-hybridized carbons (Fsp3) is 0.562. The number of rotatable bonds is 2. The molecule has 0 bridgehead atoms. The molecule has 20 heavy (non-hydrogen) atoms. The van der Waals surface area contributed by atoms with Crippen molar-refractivity contribution in [2.24, 2.45) is 0 Å². The van der Waals surface area contributed by atoms with E-state index in [4.69, 9.17) is 10.00 Å². The van der Waals surface area contributed by atoms with Crippen LogP contribution in [0.2, 0.25) is 0 Å². The standard InChI is InChI=1S/C16H19FN2O/c17-14-9-12(10-18)5-6-13(14)11-19-7-8-20-16-4-2-1-3-15(16)19/h5-6,9,15-16H,1-4,7-8,11H2. The average molecular weight is 274 g/mol. The fourth-order valence-corrected chi connectivity index (χ4v) is 3.34. The Bertz CT molecular complexity index is 524. The van der Waals surface area contributed by atoms with Crippen LogP contribution in [-0.4, -0.2) is 30.2 Å². The summed E-state index contributed by atoms with van der Waals surface area (Å²) >= 11 is 0. The minimum absolute atomic E-state index is 0.275. The van der Waals surface area contributed by atoms with Crippen LogP contribution in [0.1, 0.15) is 36.8 Å². The first-order valence-corrected chi connectivity index (χ1v) is 7.32. The SMILES string of the molecule is N#Cc1ccc(CN2CCOC3CCCCC32)c(F)c1. The van der Waals surface area contributed by atoms with Crippen molar-refractivity contribution in [3.05, 3.63) is 35.1 Å². The molecule has 4 heteroatoms. The molecule has 2 atom stereocenters. The number of nitrogens with zero attached hydrogens (tertiary/aromatic N) is 2. The molecule has 2 fully saturated rings. The van der Waals surface area contributed by atoms with Gasteiger partial charge in [-0.15, -0.1) is 0 Å². The van der Waals surface area contributed by atoms with Crippen LogP contribution in [-0.2, 0) is 11.3 Å². The lowest BCUT2D eigenvalue weighted by Gasteiger charge is -2.43. The molecular formula is C16H19FN2O. The summed E-state index contributed by atoms with van der Waals surface area (Å²) in [5.74, 6) is -0.275. The van der Waals surface area contributed by atoms with Crippen molar-refractivity contribution >= 4 is 0 Å². The van der Waals surface area contributed by atoms with E-state index in [0.29, 0.717) is 29.8 Å². The molecule has 1 saturated heterocycles. The summed E-state index contributed by atoms with van der Waals surface area (Å²) in [6.07, 6.45) is 5.05. The van der Waals surface area contributed by atoms with E-state index in [1.165, 1.54) is 18.9 Å². The molecule has 2 unspecified atom stereocenters. The van der Waals surface area contributed by atoms with Crippen molar-refractivity contribution in [3.8, 4) is 6.07 Å². The van der Waals surface area contributed by atoms with Crippen molar-refractivity contribution in [1.29, 1.82) is 5.26 Å². The van der Waals surface area contributed by atoms with E-state index >= 15 is 0 Å². The summed E-state index contributed by atoms with van der Waals surface area (Å²) in [5.41, 5.74) is 1.05. The van der Waals surface area contributed by atoms with Crippen LogP contribution in [0.4, 0.5) is 4.39 Å². The van der Waals surface area contributed by atoms with Gasteiger partial charge >= 0.3 is 0 Å². The lowest BCUT2D eigenvalue weighted by Crippen LogP contribution is -2.52. The minimum atomic E-state index is -0.275. The summed E-state index contributed by atoms with van der Waals surface area (Å²) in [7, 11) is 0. The van der Waals surface area contributed by atoms with E-state index in [2.05, 4.69) is 4.90 Å². The van der Waals surface area contributed by atoms with Gasteiger partial charge in [-0.25, -0.2) is 4.39 Å². The average Bonchev–Trinajstić information content (AvgIpc) is 2.49. The van der Waals surface area contributed by atoms with Gasteiger partial charge in [-0.2, -0.15) is 5.26 Å². The number of nitriles is 1. The Balaban J connectivity index is 1.74. The molecule has 106 valence electrons. The summed E-state index contributed by atoms with van der Waals surface area (Å²) in [6.45, 7) is 2.21. The number of benzene rings is 1. The first-order valence-electron chi connectivity index (χ1n) is 7.32. The van der Waals surface area contributed by atoms with Crippen molar-refractivity contribution < 1.29 is 9.13 Å². The highest BCUT2D eigenvalue weighted by Crippen LogP contribution is 2.29. The molecule has 1 aliphatic heterocycles. The van der Waals surface area contributed by atoms with E-state index in [9.17, 15) is 4.39 Å². The van der Waals surface area contributed by atoms with Crippen molar-refractivity contribution in [2.45, 2.75) is 44.4 Å². The Hall–Kier alpha value is -1.44. The topological polar surface area (TPSA) is 36.3 Å². The molecule has 3 nitrogen and oxygen atoms in total. The lowest BCUT2D eigenvalue weighted by molar-refractivity contribution is -0.0913. The van der Waals surface area contributed by atoms with Crippen molar-refractivity contribution in [1.82, 2.24) is 4.90 Å². The van der Waals surface area contributed by atoms with Crippen molar-refractivity contribution in [2.75, 3.05) is 13.2 Å². The Kier molecular flexibility index (Phi) is 4.00. The molecule has 1 aromatic carbocycles. The van der Waals surface area contributed by atoms with Crippen LogP contribution in [0.3, 0.4) is 0 Å². The van der Waals surface area contributed by atoms with Gasteiger partial charge in [0.2, 0.25) is 0 Å².